The number of aromatic nitrogens is 3. The normalized spacial score (nSPS) is 11.1. The minimum absolute atomic E-state index is 0.175. The van der Waals surface area contributed by atoms with Gasteiger partial charge in [0.25, 0.3) is 5.91 Å². The molecule has 4 aromatic carbocycles. The SMILES string of the molecule is Cc1cc2nn(-c3cccc4ccccc34)nc2cc1NC(=O)c1ccccc1Br. The number of benzene rings is 4. The highest BCUT2D eigenvalue weighted by molar-refractivity contribution is 9.10. The Morgan fingerprint density at radius 1 is 0.900 bits per heavy atom. The first-order valence-corrected chi connectivity index (χ1v) is 10.3. The average Bonchev–Trinajstić information content (AvgIpc) is 3.16. The quantitative estimate of drug-likeness (QED) is 0.367. The van der Waals surface area contributed by atoms with Crippen molar-refractivity contribution in [3.05, 3.63) is 94.5 Å². The number of amides is 1. The summed E-state index contributed by atoms with van der Waals surface area (Å²) in [5.74, 6) is -0.175. The number of carbonyl (C=O) groups is 1. The van der Waals surface area contributed by atoms with Crippen molar-refractivity contribution in [3.8, 4) is 5.69 Å². The number of nitrogens with zero attached hydrogens (tertiary/aromatic N) is 3. The molecule has 0 aliphatic rings. The van der Waals surface area contributed by atoms with E-state index >= 15 is 0 Å². The first kappa shape index (κ1) is 18.5. The standard InChI is InChI=1S/C24H17BrN4O/c1-15-13-21-22(14-20(15)26-24(30)18-10-4-5-11-19(18)25)28-29(27-21)23-12-6-8-16-7-2-3-9-17(16)23/h2-14H,1H3,(H,26,30). The van der Waals surface area contributed by atoms with Gasteiger partial charge in [-0.3, -0.25) is 4.79 Å². The predicted octanol–water partition coefficient (Wildman–Crippen LogP) is 5.90. The third-order valence-electron chi connectivity index (χ3n) is 5.08. The van der Waals surface area contributed by atoms with Crippen molar-refractivity contribution < 1.29 is 4.79 Å². The van der Waals surface area contributed by atoms with E-state index in [1.807, 2.05) is 61.5 Å². The van der Waals surface area contributed by atoms with Crippen molar-refractivity contribution in [2.75, 3.05) is 5.32 Å². The second-order valence-electron chi connectivity index (χ2n) is 7.08. The highest BCUT2D eigenvalue weighted by Gasteiger charge is 2.14. The first-order valence-electron chi connectivity index (χ1n) is 9.52. The molecule has 0 aliphatic carbocycles. The molecule has 5 aromatic rings. The molecule has 0 fully saturated rings. The summed E-state index contributed by atoms with van der Waals surface area (Å²) in [6, 6.07) is 25.4. The number of nitrogens with one attached hydrogen (secondary N) is 1. The molecule has 1 N–H and O–H groups in total. The maximum Gasteiger partial charge on any atom is 0.256 e. The summed E-state index contributed by atoms with van der Waals surface area (Å²) in [5, 5.41) is 14.6. The maximum absolute atomic E-state index is 12.7. The molecule has 5 nitrogen and oxygen atoms in total. The van der Waals surface area contributed by atoms with Crippen molar-refractivity contribution in [1.82, 2.24) is 15.0 Å². The van der Waals surface area contributed by atoms with Crippen LogP contribution in [0.1, 0.15) is 15.9 Å². The number of halogens is 1. The number of aryl methyl sites for hydroxylation is 1. The molecule has 0 atom stereocenters. The molecule has 0 saturated heterocycles. The number of fused-ring (bicyclic) bond motifs is 2. The zero-order chi connectivity index (χ0) is 20.7. The van der Waals surface area contributed by atoms with Crippen molar-refractivity contribution >= 4 is 49.3 Å². The van der Waals surface area contributed by atoms with Gasteiger partial charge < -0.3 is 5.32 Å². The molecule has 1 amide bonds. The Kier molecular flexibility index (Phi) is 4.56. The average molecular weight is 457 g/mol. The molecule has 5 rings (SSSR count). The second kappa shape index (κ2) is 7.39. The topological polar surface area (TPSA) is 59.8 Å². The highest BCUT2D eigenvalue weighted by atomic mass is 79.9. The van der Waals surface area contributed by atoms with Gasteiger partial charge in [-0.15, -0.1) is 15.0 Å². The van der Waals surface area contributed by atoms with Crippen molar-refractivity contribution in [2.45, 2.75) is 6.92 Å². The maximum atomic E-state index is 12.7. The molecule has 6 heteroatoms. The predicted molar refractivity (Wildman–Crippen MR) is 123 cm³/mol. The van der Waals surface area contributed by atoms with Crippen LogP contribution in [0.5, 0.6) is 0 Å². The van der Waals surface area contributed by atoms with Crippen LogP contribution in [0.15, 0.2) is 83.3 Å². The van der Waals surface area contributed by atoms with Gasteiger partial charge in [-0.2, -0.15) is 0 Å². The van der Waals surface area contributed by atoms with Crippen LogP contribution in [0, 0.1) is 6.92 Å². The van der Waals surface area contributed by atoms with E-state index in [0.29, 0.717) is 11.3 Å². The summed E-state index contributed by atoms with van der Waals surface area (Å²) in [7, 11) is 0. The van der Waals surface area contributed by atoms with Gasteiger partial charge in [-0.1, -0.05) is 48.5 Å². The fourth-order valence-corrected chi connectivity index (χ4v) is 3.99. The Labute approximate surface area is 181 Å². The third kappa shape index (κ3) is 3.25. The molecule has 0 unspecified atom stereocenters. The third-order valence-corrected chi connectivity index (χ3v) is 5.77. The molecule has 0 spiro atoms. The lowest BCUT2D eigenvalue weighted by Crippen LogP contribution is -2.13. The molecule has 30 heavy (non-hydrogen) atoms. The molecule has 0 bridgehead atoms. The van der Waals surface area contributed by atoms with Gasteiger partial charge in [0, 0.05) is 15.5 Å². The zero-order valence-electron chi connectivity index (χ0n) is 16.1. The Balaban J connectivity index is 1.55. The minimum Gasteiger partial charge on any atom is -0.322 e. The summed E-state index contributed by atoms with van der Waals surface area (Å²) in [6.45, 7) is 1.95. The summed E-state index contributed by atoms with van der Waals surface area (Å²) in [4.78, 5) is 14.4. The van der Waals surface area contributed by atoms with Crippen LogP contribution in [-0.2, 0) is 0 Å². The van der Waals surface area contributed by atoms with Gasteiger partial charge >= 0.3 is 0 Å². The van der Waals surface area contributed by atoms with E-state index in [-0.39, 0.29) is 5.91 Å². The van der Waals surface area contributed by atoms with E-state index in [0.717, 1.165) is 37.5 Å². The number of rotatable bonds is 3. The molecule has 0 aliphatic heterocycles. The van der Waals surface area contributed by atoms with Gasteiger partial charge in [0.15, 0.2) is 0 Å². The van der Waals surface area contributed by atoms with Crippen LogP contribution >= 0.6 is 15.9 Å². The molecule has 0 radical (unpaired) electrons. The lowest BCUT2D eigenvalue weighted by molar-refractivity contribution is 0.102. The molecular formula is C24H17BrN4O. The summed E-state index contributed by atoms with van der Waals surface area (Å²) in [6.07, 6.45) is 0. The van der Waals surface area contributed by atoms with E-state index < -0.39 is 0 Å². The fourth-order valence-electron chi connectivity index (χ4n) is 3.53. The van der Waals surface area contributed by atoms with E-state index in [9.17, 15) is 4.79 Å². The van der Waals surface area contributed by atoms with Gasteiger partial charge in [0.05, 0.1) is 11.3 Å². The molecular weight excluding hydrogens is 440 g/mol. The van der Waals surface area contributed by atoms with Crippen molar-refractivity contribution in [1.29, 1.82) is 0 Å². The fraction of sp³-hybridized carbons (Fsp3) is 0.0417. The Bertz CT molecular complexity index is 1420. The Morgan fingerprint density at radius 2 is 1.60 bits per heavy atom. The largest absolute Gasteiger partial charge is 0.322 e. The Morgan fingerprint density at radius 3 is 2.43 bits per heavy atom. The minimum atomic E-state index is -0.175. The summed E-state index contributed by atoms with van der Waals surface area (Å²) < 4.78 is 0.753. The lowest BCUT2D eigenvalue weighted by Gasteiger charge is -2.09. The molecule has 1 heterocycles. The summed E-state index contributed by atoms with van der Waals surface area (Å²) >= 11 is 3.43. The Hall–Kier alpha value is -3.51. The van der Waals surface area contributed by atoms with Gasteiger partial charge in [-0.05, 0) is 64.1 Å². The van der Waals surface area contributed by atoms with Gasteiger partial charge in [0.1, 0.15) is 11.0 Å². The van der Waals surface area contributed by atoms with Crippen LogP contribution in [0.25, 0.3) is 27.5 Å². The van der Waals surface area contributed by atoms with Gasteiger partial charge in [0.2, 0.25) is 0 Å². The van der Waals surface area contributed by atoms with Crippen LogP contribution in [-0.4, -0.2) is 20.9 Å². The molecule has 146 valence electrons. The second-order valence-corrected chi connectivity index (χ2v) is 7.93. The van der Waals surface area contributed by atoms with Crippen LogP contribution in [0.3, 0.4) is 0 Å². The number of hydrogen-bond donors (Lipinski definition) is 1. The van der Waals surface area contributed by atoms with Crippen LogP contribution < -0.4 is 5.32 Å². The number of anilines is 1. The smallest absolute Gasteiger partial charge is 0.256 e. The van der Waals surface area contributed by atoms with E-state index in [2.05, 4.69) is 49.6 Å². The zero-order valence-corrected chi connectivity index (χ0v) is 17.7. The highest BCUT2D eigenvalue weighted by Crippen LogP contribution is 2.26. The van der Waals surface area contributed by atoms with Gasteiger partial charge in [-0.25, -0.2) is 0 Å². The number of hydrogen-bond acceptors (Lipinski definition) is 3. The van der Waals surface area contributed by atoms with E-state index in [1.54, 1.807) is 10.9 Å². The van der Waals surface area contributed by atoms with E-state index in [4.69, 9.17) is 0 Å². The van der Waals surface area contributed by atoms with Crippen LogP contribution in [0.4, 0.5) is 5.69 Å². The summed E-state index contributed by atoms with van der Waals surface area (Å²) in [5.41, 5.74) is 4.63. The molecule has 1 aromatic heterocycles. The number of carbonyl (C=O) groups excluding carboxylic acids is 1. The lowest BCUT2D eigenvalue weighted by atomic mass is 10.1. The first-order chi connectivity index (χ1) is 14.6. The van der Waals surface area contributed by atoms with Crippen molar-refractivity contribution in [3.63, 3.8) is 0 Å². The van der Waals surface area contributed by atoms with Crippen molar-refractivity contribution in [2.24, 2.45) is 0 Å². The van der Waals surface area contributed by atoms with Crippen LogP contribution in [0.2, 0.25) is 0 Å². The molecule has 0 saturated carbocycles. The van der Waals surface area contributed by atoms with E-state index in [1.165, 1.54) is 0 Å². The monoisotopic (exact) mass is 456 g/mol.